The van der Waals surface area contributed by atoms with Crippen LogP contribution < -0.4 is 4.74 Å². The van der Waals surface area contributed by atoms with Crippen molar-refractivity contribution >= 4 is 29.3 Å². The Morgan fingerprint density at radius 3 is 2.82 bits per heavy atom. The number of para-hydroxylation sites is 1. The maximum absolute atomic E-state index is 12.0. The van der Waals surface area contributed by atoms with Crippen LogP contribution in [0, 0.1) is 6.92 Å². The smallest absolute Gasteiger partial charge is 0.363 e. The van der Waals surface area contributed by atoms with Gasteiger partial charge in [0.05, 0.1) is 12.2 Å². The zero-order valence-electron chi connectivity index (χ0n) is 12.3. The summed E-state index contributed by atoms with van der Waals surface area (Å²) < 4.78 is 10.8. The van der Waals surface area contributed by atoms with Gasteiger partial charge in [0.15, 0.2) is 5.70 Å². The molecule has 0 fully saturated rings. The van der Waals surface area contributed by atoms with Gasteiger partial charge in [-0.3, -0.25) is 0 Å². The van der Waals surface area contributed by atoms with Gasteiger partial charge in [0.2, 0.25) is 5.90 Å². The second-order valence-electron chi connectivity index (χ2n) is 4.71. The van der Waals surface area contributed by atoms with Crippen LogP contribution in [0.4, 0.5) is 0 Å². The molecule has 3 rings (SSSR count). The molecule has 0 spiro atoms. The first-order valence-corrected chi connectivity index (χ1v) is 7.80. The van der Waals surface area contributed by atoms with Crippen LogP contribution in [0.25, 0.3) is 6.08 Å². The maximum atomic E-state index is 12.0. The van der Waals surface area contributed by atoms with E-state index >= 15 is 0 Å². The molecule has 2 aromatic rings. The summed E-state index contributed by atoms with van der Waals surface area (Å²) in [6, 6.07) is 11.4. The molecule has 0 aliphatic carbocycles. The second kappa shape index (κ2) is 6.15. The third-order valence-corrected chi connectivity index (χ3v) is 4.03. The Kier molecular flexibility index (Phi) is 4.06. The highest BCUT2D eigenvalue weighted by atomic mass is 32.1. The van der Waals surface area contributed by atoms with Crippen LogP contribution in [0.1, 0.15) is 22.2 Å². The van der Waals surface area contributed by atoms with Gasteiger partial charge in [-0.15, -0.1) is 11.3 Å². The highest BCUT2D eigenvalue weighted by Gasteiger charge is 2.26. The molecule has 112 valence electrons. The summed E-state index contributed by atoms with van der Waals surface area (Å²) in [7, 11) is 0. The van der Waals surface area contributed by atoms with E-state index in [4.69, 9.17) is 9.47 Å². The topological polar surface area (TPSA) is 47.9 Å². The zero-order valence-corrected chi connectivity index (χ0v) is 13.1. The normalized spacial score (nSPS) is 15.8. The van der Waals surface area contributed by atoms with Crippen molar-refractivity contribution in [3.05, 3.63) is 57.4 Å². The van der Waals surface area contributed by atoms with Crippen LogP contribution in [0.2, 0.25) is 0 Å². The molecule has 4 nitrogen and oxygen atoms in total. The van der Waals surface area contributed by atoms with Crippen LogP contribution in [-0.2, 0) is 9.53 Å². The summed E-state index contributed by atoms with van der Waals surface area (Å²) in [5, 5.41) is 0. The standard InChI is InChI=1S/C17H15NO3S/c1-3-20-15-7-5-4-6-13(15)16-18-14(17(19)21-16)10-12-9-8-11(2)22-12/h4-10H,3H2,1-2H3. The van der Waals surface area contributed by atoms with Crippen molar-refractivity contribution < 1.29 is 14.3 Å². The molecule has 0 bridgehead atoms. The number of benzene rings is 1. The largest absolute Gasteiger partial charge is 0.493 e. The van der Waals surface area contributed by atoms with Crippen molar-refractivity contribution in [1.29, 1.82) is 0 Å². The Bertz CT molecular complexity index is 774. The monoisotopic (exact) mass is 313 g/mol. The van der Waals surface area contributed by atoms with Crippen LogP contribution in [0.15, 0.2) is 47.1 Å². The molecule has 2 heterocycles. The highest BCUT2D eigenvalue weighted by molar-refractivity contribution is 7.12. The maximum Gasteiger partial charge on any atom is 0.363 e. The van der Waals surface area contributed by atoms with Gasteiger partial charge in [-0.25, -0.2) is 9.79 Å². The molecule has 5 heteroatoms. The lowest BCUT2D eigenvalue weighted by molar-refractivity contribution is -0.129. The Morgan fingerprint density at radius 1 is 1.27 bits per heavy atom. The van der Waals surface area contributed by atoms with E-state index in [-0.39, 0.29) is 5.90 Å². The lowest BCUT2D eigenvalue weighted by Crippen LogP contribution is -2.07. The van der Waals surface area contributed by atoms with E-state index in [1.54, 1.807) is 17.4 Å². The predicted molar refractivity (Wildman–Crippen MR) is 87.3 cm³/mol. The van der Waals surface area contributed by atoms with Gasteiger partial charge < -0.3 is 9.47 Å². The molecule has 0 N–H and O–H groups in total. The number of cyclic esters (lactones) is 1. The first kappa shape index (κ1) is 14.5. The van der Waals surface area contributed by atoms with E-state index in [0.29, 0.717) is 23.6 Å². The summed E-state index contributed by atoms with van der Waals surface area (Å²) >= 11 is 1.61. The number of rotatable bonds is 4. The zero-order chi connectivity index (χ0) is 15.5. The third-order valence-electron chi connectivity index (χ3n) is 3.08. The molecule has 1 aliphatic heterocycles. The van der Waals surface area contributed by atoms with Crippen molar-refractivity contribution in [1.82, 2.24) is 0 Å². The number of aryl methyl sites for hydroxylation is 1. The van der Waals surface area contributed by atoms with Gasteiger partial charge in [-0.2, -0.15) is 0 Å². The number of hydrogen-bond acceptors (Lipinski definition) is 5. The Balaban J connectivity index is 1.95. The molecule has 1 aromatic carbocycles. The number of carbonyl (C=O) groups excluding carboxylic acids is 1. The summed E-state index contributed by atoms with van der Waals surface area (Å²) in [5.41, 5.74) is 0.992. The quantitative estimate of drug-likeness (QED) is 0.637. The highest BCUT2D eigenvalue weighted by Crippen LogP contribution is 2.26. The molecular weight excluding hydrogens is 298 g/mol. The number of esters is 1. The van der Waals surface area contributed by atoms with Crippen LogP contribution >= 0.6 is 11.3 Å². The summed E-state index contributed by atoms with van der Waals surface area (Å²) in [6.07, 6.45) is 1.75. The average Bonchev–Trinajstić information content (AvgIpc) is 3.07. The molecule has 0 saturated heterocycles. The van der Waals surface area contributed by atoms with Crippen LogP contribution in [0.5, 0.6) is 5.75 Å². The number of ether oxygens (including phenoxy) is 2. The number of carbonyl (C=O) groups is 1. The van der Waals surface area contributed by atoms with E-state index in [1.807, 2.05) is 50.2 Å². The third kappa shape index (κ3) is 2.94. The first-order chi connectivity index (χ1) is 10.7. The first-order valence-electron chi connectivity index (χ1n) is 6.98. The predicted octanol–water partition coefficient (Wildman–Crippen LogP) is 3.80. The van der Waals surface area contributed by atoms with E-state index < -0.39 is 5.97 Å². The SMILES string of the molecule is CCOc1ccccc1C1=NC(=Cc2ccc(C)s2)C(=O)O1. The fraction of sp³-hybridized carbons (Fsp3) is 0.176. The van der Waals surface area contributed by atoms with Gasteiger partial charge in [0, 0.05) is 9.75 Å². The minimum Gasteiger partial charge on any atom is -0.493 e. The van der Waals surface area contributed by atoms with Gasteiger partial charge in [0.25, 0.3) is 0 Å². The fourth-order valence-corrected chi connectivity index (χ4v) is 2.93. The van der Waals surface area contributed by atoms with Crippen LogP contribution in [-0.4, -0.2) is 18.5 Å². The van der Waals surface area contributed by atoms with Crippen molar-refractivity contribution in [3.8, 4) is 5.75 Å². The number of aliphatic imine (C=N–C) groups is 1. The molecule has 0 unspecified atom stereocenters. The van der Waals surface area contributed by atoms with E-state index in [2.05, 4.69) is 4.99 Å². The summed E-state index contributed by atoms with van der Waals surface area (Å²) in [6.45, 7) is 4.46. The lowest BCUT2D eigenvalue weighted by Gasteiger charge is -2.08. The van der Waals surface area contributed by atoms with Gasteiger partial charge >= 0.3 is 5.97 Å². The Labute approximate surface area is 132 Å². The molecule has 1 aliphatic rings. The van der Waals surface area contributed by atoms with Gasteiger partial charge in [-0.1, -0.05) is 12.1 Å². The minimum absolute atomic E-state index is 0.286. The number of nitrogens with zero attached hydrogens (tertiary/aromatic N) is 1. The molecule has 0 radical (unpaired) electrons. The van der Waals surface area contributed by atoms with E-state index in [0.717, 1.165) is 4.88 Å². The Morgan fingerprint density at radius 2 is 2.09 bits per heavy atom. The van der Waals surface area contributed by atoms with E-state index in [1.165, 1.54) is 4.88 Å². The second-order valence-corrected chi connectivity index (χ2v) is 6.03. The fourth-order valence-electron chi connectivity index (χ4n) is 2.11. The van der Waals surface area contributed by atoms with Crippen molar-refractivity contribution in [2.45, 2.75) is 13.8 Å². The summed E-state index contributed by atoms with van der Waals surface area (Å²) in [5.74, 6) is 0.505. The lowest BCUT2D eigenvalue weighted by atomic mass is 10.2. The molecule has 1 aromatic heterocycles. The van der Waals surface area contributed by atoms with Crippen molar-refractivity contribution in [2.75, 3.05) is 6.61 Å². The average molecular weight is 313 g/mol. The molecular formula is C17H15NO3S. The molecule has 0 atom stereocenters. The minimum atomic E-state index is -0.438. The number of thiophene rings is 1. The number of hydrogen-bond donors (Lipinski definition) is 0. The summed E-state index contributed by atoms with van der Waals surface area (Å²) in [4.78, 5) is 18.5. The molecule has 0 amide bonds. The van der Waals surface area contributed by atoms with E-state index in [9.17, 15) is 4.79 Å². The Hall–Kier alpha value is -2.40. The molecule has 22 heavy (non-hydrogen) atoms. The van der Waals surface area contributed by atoms with Crippen molar-refractivity contribution in [2.24, 2.45) is 4.99 Å². The van der Waals surface area contributed by atoms with Gasteiger partial charge in [-0.05, 0) is 44.2 Å². The van der Waals surface area contributed by atoms with Gasteiger partial charge in [0.1, 0.15) is 5.75 Å². The van der Waals surface area contributed by atoms with Crippen LogP contribution in [0.3, 0.4) is 0 Å². The molecule has 0 saturated carbocycles. The van der Waals surface area contributed by atoms with Crippen molar-refractivity contribution in [3.63, 3.8) is 0 Å².